The van der Waals surface area contributed by atoms with Crippen LogP contribution >= 0.6 is 0 Å². The fourth-order valence-corrected chi connectivity index (χ4v) is 4.54. The molecule has 2 aromatic carbocycles. The maximum Gasteiger partial charge on any atom is 0.336 e. The molecule has 0 radical (unpaired) electrons. The van der Waals surface area contributed by atoms with Crippen molar-refractivity contribution in [2.45, 2.75) is 36.8 Å². The number of piperidine rings is 1. The number of aryl methyl sites for hydroxylation is 1. The molecule has 230 valence electrons. The maximum absolute atomic E-state index is 14.7. The molecule has 1 aliphatic heterocycles. The van der Waals surface area contributed by atoms with Crippen molar-refractivity contribution in [1.82, 2.24) is 20.4 Å². The Kier molecular flexibility index (Phi) is 10.6. The summed E-state index contributed by atoms with van der Waals surface area (Å²) in [7, 11) is 1.77. The van der Waals surface area contributed by atoms with Gasteiger partial charge < -0.3 is 31.1 Å². The molecule has 1 saturated heterocycles. The molecule has 12 nitrogen and oxygen atoms in total. The minimum atomic E-state index is -2.74. The van der Waals surface area contributed by atoms with Crippen LogP contribution in [0.4, 0.5) is 13.2 Å². The van der Waals surface area contributed by atoms with Gasteiger partial charge in [-0.3, -0.25) is 19.1 Å². The summed E-state index contributed by atoms with van der Waals surface area (Å²) in [6.45, 7) is 1.13. The Morgan fingerprint density at radius 3 is 2.19 bits per heavy atom. The normalized spacial score (nSPS) is 16.5. The van der Waals surface area contributed by atoms with E-state index in [1.807, 2.05) is 0 Å². The van der Waals surface area contributed by atoms with Crippen LogP contribution in [0.3, 0.4) is 0 Å². The number of carbonyl (C=O) groups is 4. The van der Waals surface area contributed by atoms with E-state index in [0.717, 1.165) is 12.1 Å². The molecule has 0 aliphatic carbocycles. The van der Waals surface area contributed by atoms with E-state index in [-0.39, 0.29) is 17.5 Å². The van der Waals surface area contributed by atoms with Crippen LogP contribution in [0, 0.1) is 17.5 Å². The number of nitrogens with one attached hydrogen (secondary N) is 2. The van der Waals surface area contributed by atoms with Crippen molar-refractivity contribution in [3.05, 3.63) is 77.2 Å². The lowest BCUT2D eigenvalue weighted by Gasteiger charge is -2.33. The van der Waals surface area contributed by atoms with Crippen molar-refractivity contribution >= 4 is 23.8 Å². The van der Waals surface area contributed by atoms with Crippen molar-refractivity contribution in [1.29, 1.82) is 0 Å². The number of rotatable bonds is 9. The molecule has 0 bridgehead atoms. The number of aromatic nitrogens is 2. The summed E-state index contributed by atoms with van der Waals surface area (Å²) < 4.78 is 43.3. The Hall–Kier alpha value is -4.76. The summed E-state index contributed by atoms with van der Waals surface area (Å²) in [5.74, 6) is -8.27. The first-order valence-corrected chi connectivity index (χ1v) is 12.9. The van der Waals surface area contributed by atoms with Gasteiger partial charge in [-0.1, -0.05) is 12.1 Å². The summed E-state index contributed by atoms with van der Waals surface area (Å²) in [6.07, 6.45) is 0.0999. The van der Waals surface area contributed by atoms with Gasteiger partial charge in [0.05, 0.1) is 24.1 Å². The molecule has 1 amide bonds. The molecule has 2 atom stereocenters. The van der Waals surface area contributed by atoms with Gasteiger partial charge in [0.25, 0.3) is 5.91 Å². The fourth-order valence-electron chi connectivity index (χ4n) is 4.54. The third kappa shape index (κ3) is 8.62. The monoisotopic (exact) mass is 606 g/mol. The number of carboxylic acids is 3. The number of aliphatic hydroxyl groups is 1. The number of aliphatic carboxylic acids is 3. The SMILES string of the molecule is Cn1ccc(-c2ccc(C(=O)N[C@@H]3CNCC[C@H]3c3ccc(F)c(F)c3)c(F)c2)n1.O=C(O)CC(O)(CC(=O)O)C(=O)O. The number of halogens is 3. The zero-order valence-electron chi connectivity index (χ0n) is 22.8. The number of carboxylic acid groups (broad SMARTS) is 3. The molecule has 6 N–H and O–H groups in total. The van der Waals surface area contributed by atoms with Gasteiger partial charge in [-0.25, -0.2) is 18.0 Å². The highest BCUT2D eigenvalue weighted by molar-refractivity contribution is 5.95. The summed E-state index contributed by atoms with van der Waals surface area (Å²) in [4.78, 5) is 43.2. The molecule has 0 unspecified atom stereocenters. The van der Waals surface area contributed by atoms with Crippen LogP contribution in [0.1, 0.15) is 41.1 Å². The van der Waals surface area contributed by atoms with Gasteiger partial charge in [-0.15, -0.1) is 0 Å². The van der Waals surface area contributed by atoms with Gasteiger partial charge in [0.1, 0.15) is 5.82 Å². The minimum Gasteiger partial charge on any atom is -0.481 e. The number of hydrogen-bond donors (Lipinski definition) is 6. The van der Waals surface area contributed by atoms with Crippen LogP contribution in [0.15, 0.2) is 48.7 Å². The lowest BCUT2D eigenvalue weighted by molar-refractivity contribution is -0.170. The highest BCUT2D eigenvalue weighted by Gasteiger charge is 2.40. The third-order valence-electron chi connectivity index (χ3n) is 6.68. The van der Waals surface area contributed by atoms with Crippen molar-refractivity contribution in [2.75, 3.05) is 13.1 Å². The summed E-state index contributed by atoms with van der Waals surface area (Å²) in [5.41, 5.74) is -1.03. The number of carbonyl (C=O) groups excluding carboxylic acids is 1. The molecule has 15 heteroatoms. The lowest BCUT2D eigenvalue weighted by atomic mass is 9.85. The van der Waals surface area contributed by atoms with Crippen LogP contribution in [0.25, 0.3) is 11.3 Å². The second-order valence-corrected chi connectivity index (χ2v) is 9.90. The Bertz CT molecular complexity index is 1500. The molecule has 1 aliphatic rings. The average molecular weight is 607 g/mol. The van der Waals surface area contributed by atoms with Gasteiger partial charge in [-0.2, -0.15) is 5.10 Å². The summed E-state index contributed by atoms with van der Waals surface area (Å²) in [6, 6.07) is 9.50. The van der Waals surface area contributed by atoms with E-state index in [1.165, 1.54) is 18.2 Å². The Labute approximate surface area is 242 Å². The first-order chi connectivity index (χ1) is 20.2. The second kappa shape index (κ2) is 13.9. The molecule has 43 heavy (non-hydrogen) atoms. The highest BCUT2D eigenvalue weighted by Crippen LogP contribution is 2.28. The first-order valence-electron chi connectivity index (χ1n) is 12.9. The predicted molar refractivity (Wildman–Crippen MR) is 144 cm³/mol. The van der Waals surface area contributed by atoms with Gasteiger partial charge >= 0.3 is 17.9 Å². The first kappa shape index (κ1) is 32.8. The van der Waals surface area contributed by atoms with Crippen LogP contribution in [0.2, 0.25) is 0 Å². The predicted octanol–water partition coefficient (Wildman–Crippen LogP) is 2.13. The van der Waals surface area contributed by atoms with Crippen LogP contribution < -0.4 is 10.6 Å². The van der Waals surface area contributed by atoms with Gasteiger partial charge in [-0.05, 0) is 48.9 Å². The molecular formula is C28H29F3N4O8. The van der Waals surface area contributed by atoms with E-state index in [9.17, 15) is 32.3 Å². The van der Waals surface area contributed by atoms with Gasteiger partial charge in [0.2, 0.25) is 0 Å². The number of nitrogens with zero attached hydrogens (tertiary/aromatic N) is 2. The standard InChI is InChI=1S/C22H21F3N4O.C6H8O7/c1-29-9-7-20(28-29)14-2-4-16(18(24)11-14)22(30)27-21-12-26-8-6-15(21)13-3-5-17(23)19(25)10-13;7-3(8)1-6(13,5(11)12)2-4(9)10/h2-5,7,9-11,15,21,26H,6,8,12H2,1H3,(H,27,30);13H,1-2H2,(H,7,8)(H,9,10)(H,11,12)/t15-,21+;/m0./s1. The Morgan fingerprint density at radius 1 is 0.977 bits per heavy atom. The fraction of sp³-hybridized carbons (Fsp3) is 0.321. The average Bonchev–Trinajstić information content (AvgIpc) is 3.36. The van der Waals surface area contributed by atoms with Crippen molar-refractivity contribution in [3.8, 4) is 11.3 Å². The van der Waals surface area contributed by atoms with Crippen molar-refractivity contribution in [3.63, 3.8) is 0 Å². The molecule has 2 heterocycles. The molecular weight excluding hydrogens is 577 g/mol. The summed E-state index contributed by atoms with van der Waals surface area (Å²) in [5, 5.41) is 44.1. The molecule has 4 rings (SSSR count). The third-order valence-corrected chi connectivity index (χ3v) is 6.68. The Balaban J connectivity index is 0.000000331. The van der Waals surface area contributed by atoms with E-state index < -0.39 is 59.7 Å². The molecule has 0 spiro atoms. The maximum atomic E-state index is 14.7. The molecule has 1 fully saturated rings. The van der Waals surface area contributed by atoms with Gasteiger partial charge in [0.15, 0.2) is 17.2 Å². The van der Waals surface area contributed by atoms with E-state index in [1.54, 1.807) is 30.1 Å². The largest absolute Gasteiger partial charge is 0.481 e. The lowest BCUT2D eigenvalue weighted by Crippen LogP contribution is -2.50. The molecule has 1 aromatic heterocycles. The van der Waals surface area contributed by atoms with E-state index in [0.29, 0.717) is 36.3 Å². The quantitative estimate of drug-likeness (QED) is 0.210. The zero-order chi connectivity index (χ0) is 31.9. The van der Waals surface area contributed by atoms with Crippen LogP contribution in [-0.2, 0) is 21.4 Å². The Morgan fingerprint density at radius 2 is 1.65 bits per heavy atom. The van der Waals surface area contributed by atoms with Gasteiger partial charge in [0, 0.05) is 37.3 Å². The second-order valence-electron chi connectivity index (χ2n) is 9.90. The number of benzene rings is 2. The zero-order valence-corrected chi connectivity index (χ0v) is 22.8. The molecule has 3 aromatic rings. The number of amides is 1. The van der Waals surface area contributed by atoms with Crippen LogP contribution in [0.5, 0.6) is 0 Å². The molecule has 0 saturated carbocycles. The van der Waals surface area contributed by atoms with Crippen molar-refractivity contribution < 1.29 is 52.8 Å². The topological polar surface area (TPSA) is 191 Å². The number of hydrogen-bond acceptors (Lipinski definition) is 7. The van der Waals surface area contributed by atoms with Crippen molar-refractivity contribution in [2.24, 2.45) is 7.05 Å². The highest BCUT2D eigenvalue weighted by atomic mass is 19.2. The summed E-state index contributed by atoms with van der Waals surface area (Å²) >= 11 is 0. The van der Waals surface area contributed by atoms with E-state index in [2.05, 4.69) is 15.7 Å². The van der Waals surface area contributed by atoms with E-state index >= 15 is 0 Å². The smallest absolute Gasteiger partial charge is 0.336 e. The minimum absolute atomic E-state index is 0.0794. The van der Waals surface area contributed by atoms with Crippen LogP contribution in [-0.4, -0.2) is 78.8 Å². The van der Waals surface area contributed by atoms with E-state index in [4.69, 9.17) is 20.4 Å².